The Morgan fingerprint density at radius 1 is 0.938 bits per heavy atom. The molecule has 3 aromatic rings. The monoisotopic (exact) mass is 427 g/mol. The van der Waals surface area contributed by atoms with Gasteiger partial charge in [0.25, 0.3) is 11.8 Å². The molecule has 3 heterocycles. The normalized spacial score (nSPS) is 18.5. The average Bonchev–Trinajstić information content (AvgIpc) is 3.21. The second-order valence-electron chi connectivity index (χ2n) is 8.36. The predicted molar refractivity (Wildman–Crippen MR) is 120 cm³/mol. The number of nitrogens with zero attached hydrogens (tertiary/aromatic N) is 2. The number of imide groups is 2. The summed E-state index contributed by atoms with van der Waals surface area (Å²) < 4.78 is 6.24. The molecular weight excluding hydrogens is 406 g/mol. The predicted octanol–water partition coefficient (Wildman–Crippen LogP) is 4.48. The third kappa shape index (κ3) is 2.85. The Labute approximate surface area is 184 Å². The largest absolute Gasteiger partial charge is 0.440 e. The summed E-state index contributed by atoms with van der Waals surface area (Å²) >= 11 is 0. The van der Waals surface area contributed by atoms with E-state index in [0.717, 1.165) is 27.4 Å². The van der Waals surface area contributed by atoms with E-state index in [1.165, 1.54) is 13.1 Å². The van der Waals surface area contributed by atoms with Crippen LogP contribution in [0.25, 0.3) is 6.08 Å². The third-order valence-electron chi connectivity index (χ3n) is 6.03. The standard InChI is InChI=1S/C25H21N3O4/c1-25(2)18-11-7-8-12-20(18)28(15-9-5-4-6-10-15)23-19(25)14-16(32-23)13-17-21(29)26-24(31)27(3)22(17)30/h4-14H,1-3H3,(H,26,29,31)/b17-13+. The van der Waals surface area contributed by atoms with E-state index < -0.39 is 17.8 Å². The molecule has 2 aliphatic heterocycles. The summed E-state index contributed by atoms with van der Waals surface area (Å²) in [6, 6.07) is 19.1. The molecule has 0 bridgehead atoms. The van der Waals surface area contributed by atoms with Crippen LogP contribution in [0.2, 0.25) is 0 Å². The molecule has 2 aromatic carbocycles. The number of hydrogen-bond acceptors (Lipinski definition) is 5. The van der Waals surface area contributed by atoms with Crippen LogP contribution in [0.1, 0.15) is 30.7 Å². The Hall–Kier alpha value is -4.13. The number of nitrogens with one attached hydrogen (secondary N) is 1. The van der Waals surface area contributed by atoms with E-state index in [9.17, 15) is 14.4 Å². The summed E-state index contributed by atoms with van der Waals surface area (Å²) in [5.41, 5.74) is 3.47. The fraction of sp³-hybridized carbons (Fsp3) is 0.160. The molecule has 0 saturated carbocycles. The van der Waals surface area contributed by atoms with Crippen molar-refractivity contribution in [2.75, 3.05) is 11.9 Å². The van der Waals surface area contributed by atoms with E-state index in [2.05, 4.69) is 25.2 Å². The number of likely N-dealkylation sites (N-methyl/N-ethyl adjacent to an activating group) is 1. The molecule has 32 heavy (non-hydrogen) atoms. The van der Waals surface area contributed by atoms with Crippen molar-refractivity contribution in [3.05, 3.63) is 83.1 Å². The van der Waals surface area contributed by atoms with Crippen LogP contribution in [0.4, 0.5) is 22.1 Å². The van der Waals surface area contributed by atoms with E-state index in [1.54, 1.807) is 0 Å². The van der Waals surface area contributed by atoms with Gasteiger partial charge in [-0.1, -0.05) is 50.2 Å². The van der Waals surface area contributed by atoms with Crippen LogP contribution in [0.5, 0.6) is 0 Å². The van der Waals surface area contributed by atoms with Crippen LogP contribution in [0.15, 0.2) is 70.7 Å². The maximum atomic E-state index is 12.5. The molecule has 7 nitrogen and oxygen atoms in total. The Kier molecular flexibility index (Phi) is 4.30. The molecule has 4 amide bonds. The van der Waals surface area contributed by atoms with E-state index >= 15 is 0 Å². The van der Waals surface area contributed by atoms with Gasteiger partial charge < -0.3 is 4.42 Å². The summed E-state index contributed by atoms with van der Waals surface area (Å²) in [5, 5.41) is 2.16. The van der Waals surface area contributed by atoms with Gasteiger partial charge in [-0.25, -0.2) is 4.79 Å². The first-order valence-electron chi connectivity index (χ1n) is 10.2. The first kappa shape index (κ1) is 19.8. The molecule has 0 unspecified atom stereocenters. The highest BCUT2D eigenvalue weighted by Gasteiger charge is 2.40. The van der Waals surface area contributed by atoms with Crippen molar-refractivity contribution in [1.29, 1.82) is 0 Å². The molecule has 1 N–H and O–H groups in total. The number of amides is 4. The lowest BCUT2D eigenvalue weighted by Crippen LogP contribution is -2.52. The van der Waals surface area contributed by atoms with Crippen molar-refractivity contribution in [3.63, 3.8) is 0 Å². The Balaban J connectivity index is 1.69. The van der Waals surface area contributed by atoms with Gasteiger partial charge in [0.15, 0.2) is 0 Å². The van der Waals surface area contributed by atoms with E-state index in [0.29, 0.717) is 11.6 Å². The van der Waals surface area contributed by atoms with Crippen LogP contribution in [-0.4, -0.2) is 29.8 Å². The number of para-hydroxylation sites is 2. The van der Waals surface area contributed by atoms with E-state index in [-0.39, 0.29) is 11.0 Å². The summed E-state index contributed by atoms with van der Waals surface area (Å²) in [6.45, 7) is 4.23. The minimum Gasteiger partial charge on any atom is -0.440 e. The summed E-state index contributed by atoms with van der Waals surface area (Å²) in [7, 11) is 1.32. The minimum absolute atomic E-state index is 0.153. The number of benzene rings is 2. The number of hydrogen-bond donors (Lipinski definition) is 1. The Morgan fingerprint density at radius 3 is 2.38 bits per heavy atom. The Bertz CT molecular complexity index is 1300. The van der Waals surface area contributed by atoms with Crippen molar-refractivity contribution in [2.45, 2.75) is 19.3 Å². The zero-order valence-corrected chi connectivity index (χ0v) is 17.9. The highest BCUT2D eigenvalue weighted by molar-refractivity contribution is 6.30. The summed E-state index contributed by atoms with van der Waals surface area (Å²) in [6.07, 6.45) is 1.39. The highest BCUT2D eigenvalue weighted by atomic mass is 16.4. The molecule has 1 saturated heterocycles. The van der Waals surface area contributed by atoms with Crippen LogP contribution in [-0.2, 0) is 15.0 Å². The molecule has 0 radical (unpaired) electrons. The summed E-state index contributed by atoms with van der Waals surface area (Å²) in [4.78, 5) is 39.4. The number of rotatable bonds is 2. The van der Waals surface area contributed by atoms with Gasteiger partial charge in [-0.2, -0.15) is 0 Å². The molecule has 0 aliphatic carbocycles. The van der Waals surface area contributed by atoms with Crippen molar-refractivity contribution in [1.82, 2.24) is 10.2 Å². The molecular formula is C25H21N3O4. The van der Waals surface area contributed by atoms with Gasteiger partial charge >= 0.3 is 6.03 Å². The lowest BCUT2D eigenvalue weighted by molar-refractivity contribution is -0.129. The number of anilines is 3. The zero-order valence-electron chi connectivity index (χ0n) is 17.9. The van der Waals surface area contributed by atoms with Crippen LogP contribution in [0, 0.1) is 0 Å². The lowest BCUT2D eigenvalue weighted by atomic mass is 9.75. The van der Waals surface area contributed by atoms with Gasteiger partial charge in [0, 0.05) is 23.7 Å². The first-order chi connectivity index (χ1) is 15.3. The molecule has 5 rings (SSSR count). The fourth-order valence-corrected chi connectivity index (χ4v) is 4.26. The SMILES string of the molecule is CN1C(=O)NC(=O)/C(=C\c2cc3c(o2)N(c2ccccc2)c2ccccc2C3(C)C)C1=O. The molecule has 2 aliphatic rings. The quantitative estimate of drug-likeness (QED) is 0.482. The number of furan rings is 1. The molecule has 1 aromatic heterocycles. The molecule has 1 fully saturated rings. The maximum Gasteiger partial charge on any atom is 0.331 e. The van der Waals surface area contributed by atoms with Crippen LogP contribution < -0.4 is 10.2 Å². The van der Waals surface area contributed by atoms with Crippen LogP contribution >= 0.6 is 0 Å². The maximum absolute atomic E-state index is 12.5. The van der Waals surface area contributed by atoms with Gasteiger partial charge in [0.1, 0.15) is 11.3 Å². The second-order valence-corrected chi connectivity index (χ2v) is 8.36. The fourth-order valence-electron chi connectivity index (χ4n) is 4.26. The van der Waals surface area contributed by atoms with Gasteiger partial charge in [0.05, 0.1) is 5.69 Å². The van der Waals surface area contributed by atoms with Gasteiger partial charge in [-0.3, -0.25) is 24.7 Å². The second kappa shape index (κ2) is 6.95. The number of carbonyl (C=O) groups is 3. The first-order valence-corrected chi connectivity index (χ1v) is 10.2. The van der Waals surface area contributed by atoms with Crippen molar-refractivity contribution >= 4 is 41.2 Å². The number of carbonyl (C=O) groups excluding carboxylic acids is 3. The van der Waals surface area contributed by atoms with Gasteiger partial charge in [-0.05, 0) is 35.9 Å². The molecule has 160 valence electrons. The zero-order chi connectivity index (χ0) is 22.6. The van der Waals surface area contributed by atoms with Crippen molar-refractivity contribution in [3.8, 4) is 0 Å². The third-order valence-corrected chi connectivity index (χ3v) is 6.03. The lowest BCUT2D eigenvalue weighted by Gasteiger charge is -2.38. The van der Waals surface area contributed by atoms with Crippen molar-refractivity contribution < 1.29 is 18.8 Å². The smallest absolute Gasteiger partial charge is 0.331 e. The minimum atomic E-state index is -0.747. The topological polar surface area (TPSA) is 82.9 Å². The summed E-state index contributed by atoms with van der Waals surface area (Å²) in [5.74, 6) is -0.427. The number of barbiturate groups is 1. The molecule has 7 heteroatoms. The van der Waals surface area contributed by atoms with E-state index in [4.69, 9.17) is 4.42 Å². The Morgan fingerprint density at radius 2 is 1.62 bits per heavy atom. The van der Waals surface area contributed by atoms with Gasteiger partial charge in [-0.15, -0.1) is 0 Å². The number of urea groups is 1. The van der Waals surface area contributed by atoms with E-state index in [1.807, 2.05) is 59.5 Å². The molecule has 0 spiro atoms. The van der Waals surface area contributed by atoms with Crippen LogP contribution in [0.3, 0.4) is 0 Å². The van der Waals surface area contributed by atoms with Gasteiger partial charge in [0.2, 0.25) is 5.88 Å². The highest BCUT2D eigenvalue weighted by Crippen LogP contribution is 2.52. The average molecular weight is 427 g/mol. The molecule has 0 atom stereocenters. The number of fused-ring (bicyclic) bond motifs is 2. The van der Waals surface area contributed by atoms with Crippen molar-refractivity contribution in [2.24, 2.45) is 0 Å².